The highest BCUT2D eigenvalue weighted by Crippen LogP contribution is 2.10. The predicted molar refractivity (Wildman–Crippen MR) is 69.9 cm³/mol. The van der Waals surface area contributed by atoms with Crippen LogP contribution in [0.25, 0.3) is 0 Å². The van der Waals surface area contributed by atoms with Gasteiger partial charge in [-0.1, -0.05) is 25.4 Å². The minimum absolute atomic E-state index is 0.0650. The van der Waals surface area contributed by atoms with Crippen molar-refractivity contribution in [3.8, 4) is 0 Å². The SMILES string of the molecule is CC(C)[C@H](NC(=O)c1ccc(Cl)cc1)C(=O)NN. The summed E-state index contributed by atoms with van der Waals surface area (Å²) in [5.41, 5.74) is 2.48. The van der Waals surface area contributed by atoms with Crippen LogP contribution in [0.15, 0.2) is 24.3 Å². The summed E-state index contributed by atoms with van der Waals surface area (Å²) in [5, 5.41) is 3.18. The van der Waals surface area contributed by atoms with Gasteiger partial charge in [-0.05, 0) is 30.2 Å². The standard InChI is InChI=1S/C12H16ClN3O2/c1-7(2)10(12(18)16-14)15-11(17)8-3-5-9(13)6-4-8/h3-7,10H,14H2,1-2H3,(H,15,17)(H,16,18)/t10-/m0/s1. The molecule has 0 bridgehead atoms. The maximum absolute atomic E-state index is 11.9. The van der Waals surface area contributed by atoms with Gasteiger partial charge in [-0.25, -0.2) is 5.84 Å². The zero-order chi connectivity index (χ0) is 13.7. The molecule has 1 aromatic rings. The number of hydrogen-bond donors (Lipinski definition) is 3. The van der Waals surface area contributed by atoms with Crippen LogP contribution in [0.3, 0.4) is 0 Å². The van der Waals surface area contributed by atoms with E-state index in [1.807, 2.05) is 19.3 Å². The Labute approximate surface area is 111 Å². The van der Waals surface area contributed by atoms with Crippen LogP contribution >= 0.6 is 11.6 Å². The molecule has 0 saturated heterocycles. The van der Waals surface area contributed by atoms with E-state index in [4.69, 9.17) is 17.4 Å². The number of carbonyl (C=O) groups excluding carboxylic acids is 2. The van der Waals surface area contributed by atoms with Crippen molar-refractivity contribution < 1.29 is 9.59 Å². The minimum Gasteiger partial charge on any atom is -0.340 e. The van der Waals surface area contributed by atoms with Crippen LogP contribution < -0.4 is 16.6 Å². The molecule has 1 aromatic carbocycles. The topological polar surface area (TPSA) is 84.2 Å². The Morgan fingerprint density at radius 1 is 1.22 bits per heavy atom. The van der Waals surface area contributed by atoms with Crippen LogP contribution in [0.1, 0.15) is 24.2 Å². The highest BCUT2D eigenvalue weighted by Gasteiger charge is 2.23. The highest BCUT2D eigenvalue weighted by molar-refractivity contribution is 6.30. The molecular weight excluding hydrogens is 254 g/mol. The molecule has 98 valence electrons. The van der Waals surface area contributed by atoms with Gasteiger partial charge in [0.25, 0.3) is 11.8 Å². The molecule has 1 atom stereocenters. The van der Waals surface area contributed by atoms with Crippen molar-refractivity contribution in [1.82, 2.24) is 10.7 Å². The molecule has 6 heteroatoms. The van der Waals surface area contributed by atoms with Gasteiger partial charge in [-0.2, -0.15) is 0 Å². The smallest absolute Gasteiger partial charge is 0.256 e. The number of hydrazine groups is 1. The molecule has 0 aromatic heterocycles. The van der Waals surface area contributed by atoms with Gasteiger partial charge in [0.2, 0.25) is 0 Å². The first-order valence-electron chi connectivity index (χ1n) is 5.52. The second kappa shape index (κ2) is 6.37. The van der Waals surface area contributed by atoms with Crippen LogP contribution in [0.4, 0.5) is 0 Å². The average Bonchev–Trinajstić information content (AvgIpc) is 2.35. The molecule has 4 N–H and O–H groups in total. The second-order valence-corrected chi connectivity index (χ2v) is 4.65. The van der Waals surface area contributed by atoms with Gasteiger partial charge in [0.05, 0.1) is 0 Å². The number of amides is 2. The molecule has 2 amide bonds. The van der Waals surface area contributed by atoms with Crippen molar-refractivity contribution in [2.45, 2.75) is 19.9 Å². The van der Waals surface area contributed by atoms with Crippen LogP contribution in [-0.2, 0) is 4.79 Å². The Balaban J connectivity index is 2.78. The zero-order valence-corrected chi connectivity index (χ0v) is 11.0. The normalized spacial score (nSPS) is 12.1. The van der Waals surface area contributed by atoms with Crippen LogP contribution in [0.5, 0.6) is 0 Å². The summed E-state index contributed by atoms with van der Waals surface area (Å²) < 4.78 is 0. The molecule has 5 nitrogen and oxygen atoms in total. The fourth-order valence-electron chi connectivity index (χ4n) is 1.45. The Hall–Kier alpha value is -1.59. The Morgan fingerprint density at radius 2 is 1.78 bits per heavy atom. The van der Waals surface area contributed by atoms with Crippen molar-refractivity contribution >= 4 is 23.4 Å². The molecule has 0 aliphatic carbocycles. The van der Waals surface area contributed by atoms with E-state index < -0.39 is 11.9 Å². The predicted octanol–water partition coefficient (Wildman–Crippen LogP) is 1.08. The molecule has 0 unspecified atom stereocenters. The van der Waals surface area contributed by atoms with E-state index in [1.54, 1.807) is 24.3 Å². The lowest BCUT2D eigenvalue weighted by atomic mass is 10.0. The molecule has 0 fully saturated rings. The second-order valence-electron chi connectivity index (χ2n) is 4.21. The summed E-state index contributed by atoms with van der Waals surface area (Å²) >= 11 is 5.73. The molecule has 0 aliphatic heterocycles. The van der Waals surface area contributed by atoms with Gasteiger partial charge in [-0.3, -0.25) is 15.0 Å². The molecule has 1 rings (SSSR count). The first-order chi connectivity index (χ1) is 8.45. The van der Waals surface area contributed by atoms with Gasteiger partial charge in [0.1, 0.15) is 6.04 Å². The number of halogens is 1. The lowest BCUT2D eigenvalue weighted by molar-refractivity contribution is -0.124. The lowest BCUT2D eigenvalue weighted by Gasteiger charge is -2.20. The van der Waals surface area contributed by atoms with Gasteiger partial charge < -0.3 is 5.32 Å². The highest BCUT2D eigenvalue weighted by atomic mass is 35.5. The van der Waals surface area contributed by atoms with Gasteiger partial charge in [0, 0.05) is 10.6 Å². The minimum atomic E-state index is -0.668. The van der Waals surface area contributed by atoms with Crippen LogP contribution in [0.2, 0.25) is 5.02 Å². The maximum atomic E-state index is 11.9. The van der Waals surface area contributed by atoms with Gasteiger partial charge >= 0.3 is 0 Å². The average molecular weight is 270 g/mol. The number of nitrogens with one attached hydrogen (secondary N) is 2. The summed E-state index contributed by atoms with van der Waals surface area (Å²) in [7, 11) is 0. The van der Waals surface area contributed by atoms with E-state index in [2.05, 4.69) is 5.32 Å². The number of rotatable bonds is 4. The molecular formula is C12H16ClN3O2. The number of carbonyl (C=O) groups is 2. The van der Waals surface area contributed by atoms with E-state index in [9.17, 15) is 9.59 Å². The summed E-state index contributed by atoms with van der Waals surface area (Å²) in [5.74, 6) is 4.25. The third-order valence-electron chi connectivity index (χ3n) is 2.48. The van der Waals surface area contributed by atoms with E-state index in [1.165, 1.54) is 0 Å². The molecule has 0 radical (unpaired) electrons. The van der Waals surface area contributed by atoms with Gasteiger partial charge in [0.15, 0.2) is 0 Å². The molecule has 0 aliphatic rings. The quantitative estimate of drug-likeness (QED) is 0.434. The fraction of sp³-hybridized carbons (Fsp3) is 0.333. The summed E-state index contributed by atoms with van der Waals surface area (Å²) in [6.07, 6.45) is 0. The van der Waals surface area contributed by atoms with Crippen LogP contribution in [0, 0.1) is 5.92 Å². The van der Waals surface area contributed by atoms with E-state index in [-0.39, 0.29) is 11.8 Å². The van der Waals surface area contributed by atoms with Crippen molar-refractivity contribution in [3.63, 3.8) is 0 Å². The fourth-order valence-corrected chi connectivity index (χ4v) is 1.58. The molecule has 0 spiro atoms. The molecule has 18 heavy (non-hydrogen) atoms. The van der Waals surface area contributed by atoms with Crippen LogP contribution in [-0.4, -0.2) is 17.9 Å². The summed E-state index contributed by atoms with van der Waals surface area (Å²) in [6, 6.07) is 5.75. The first-order valence-corrected chi connectivity index (χ1v) is 5.90. The number of hydrogen-bond acceptors (Lipinski definition) is 3. The first kappa shape index (κ1) is 14.5. The van der Waals surface area contributed by atoms with Gasteiger partial charge in [-0.15, -0.1) is 0 Å². The van der Waals surface area contributed by atoms with Crippen molar-refractivity contribution in [2.75, 3.05) is 0 Å². The van der Waals surface area contributed by atoms with E-state index >= 15 is 0 Å². The third-order valence-corrected chi connectivity index (χ3v) is 2.74. The third kappa shape index (κ3) is 3.72. The number of benzene rings is 1. The Morgan fingerprint density at radius 3 is 2.22 bits per heavy atom. The Bertz CT molecular complexity index is 431. The summed E-state index contributed by atoms with van der Waals surface area (Å²) in [4.78, 5) is 23.4. The molecule has 0 saturated carbocycles. The largest absolute Gasteiger partial charge is 0.340 e. The Kier molecular flexibility index (Phi) is 5.12. The van der Waals surface area contributed by atoms with Crippen molar-refractivity contribution in [3.05, 3.63) is 34.9 Å². The monoisotopic (exact) mass is 269 g/mol. The van der Waals surface area contributed by atoms with E-state index in [0.717, 1.165) is 0 Å². The maximum Gasteiger partial charge on any atom is 0.256 e. The molecule has 0 heterocycles. The number of nitrogens with two attached hydrogens (primary N) is 1. The lowest BCUT2D eigenvalue weighted by Crippen LogP contribution is -2.51. The van der Waals surface area contributed by atoms with E-state index in [0.29, 0.717) is 10.6 Å². The zero-order valence-electron chi connectivity index (χ0n) is 10.2. The summed E-state index contributed by atoms with van der Waals surface area (Å²) in [6.45, 7) is 3.64. The van der Waals surface area contributed by atoms with Crippen molar-refractivity contribution in [2.24, 2.45) is 11.8 Å². The van der Waals surface area contributed by atoms with Crippen molar-refractivity contribution in [1.29, 1.82) is 0 Å².